The zero-order valence-electron chi connectivity index (χ0n) is 63.8. The van der Waals surface area contributed by atoms with E-state index in [9.17, 15) is 28.8 Å². The van der Waals surface area contributed by atoms with Gasteiger partial charge in [0.15, 0.2) is 5.78 Å². The molecule has 1 saturated heterocycles. The van der Waals surface area contributed by atoms with Gasteiger partial charge < -0.3 is 16.2 Å². The van der Waals surface area contributed by atoms with Crippen molar-refractivity contribution in [3.05, 3.63) is 220 Å². The monoisotopic (exact) mass is 1380 g/mol. The maximum Gasteiger partial charge on any atom is 0.410 e. The van der Waals surface area contributed by atoms with E-state index in [1.165, 1.54) is 38.9 Å². The number of ketones is 5. The van der Waals surface area contributed by atoms with E-state index in [2.05, 4.69) is 150 Å². The number of carbonyl (C=O) groups is 6. The SMILES string of the molecule is CC(C)c1cncc(CCC(=O)CN)c1.CC(C)c1cncc(CCC(=O)[C@@H](C)C(C)C)c1.CC(C)c1cncc(CCC(=O)[C@@H](C)Cc2ccccc2)c1.CC(C)c1cncc(CCC(=O)[C@@H](N)C(C)C)c1.CC(C)c1cncc(CCC(=O)[C@@H]2CCCN2C(=O)OCc2ccccc2)c1. The number of likely N-dealkylation sites (tertiary alicyclic amines) is 1. The number of benzene rings is 2. The van der Waals surface area contributed by atoms with Crippen LogP contribution in [-0.2, 0) is 73.8 Å². The third kappa shape index (κ3) is 32.1. The van der Waals surface area contributed by atoms with Crippen LogP contribution < -0.4 is 11.5 Å². The van der Waals surface area contributed by atoms with Crippen molar-refractivity contribution < 1.29 is 33.5 Å². The van der Waals surface area contributed by atoms with E-state index in [-0.39, 0.29) is 60.3 Å². The summed E-state index contributed by atoms with van der Waals surface area (Å²) in [5.74, 6) is 4.21. The molecule has 1 amide bonds. The summed E-state index contributed by atoms with van der Waals surface area (Å²) in [7, 11) is 0. The first-order valence-corrected chi connectivity index (χ1v) is 36.8. The summed E-state index contributed by atoms with van der Waals surface area (Å²) >= 11 is 0. The van der Waals surface area contributed by atoms with Crippen molar-refractivity contribution in [3.63, 3.8) is 0 Å². The standard InChI is InChI=1S/C23H28N2O3.C20H25NO.C16H25NO.C15H24N2O.C12H18N2O/c1-17(2)20-13-19(14-24-15-20)10-11-22(26)21-9-6-12-25(21)23(27)28-16-18-7-4-3-5-8-18;1-15(2)19-12-18(13-21-14-19)9-10-20(22)16(3)11-17-7-5-4-6-8-17;1-11(2)13(5)16(18)7-6-14-8-15(12(3)4)10-17-9-14;1-10(2)13-7-12(8-17-9-13)5-6-14(18)15(16)11(3)4;1-9(2)11-5-10(7-14-8-11)3-4-12(15)6-13/h3-5,7-8,13-15,17,21H,6,9-12,16H2,1-2H3;4-8,12-16H,9-11H2,1-3H3;8-13H,6-7H2,1-5H3;7-11,15H,5-6,16H2,1-4H3;5,7-9H,3-4,6,13H2,1-2H3/t21-;16-;13-;15-;/m0000./s1. The van der Waals surface area contributed by atoms with Crippen molar-refractivity contribution >= 4 is 35.0 Å². The van der Waals surface area contributed by atoms with Crippen LogP contribution in [0.3, 0.4) is 0 Å². The van der Waals surface area contributed by atoms with Gasteiger partial charge in [0.2, 0.25) is 0 Å². The molecule has 5 aromatic heterocycles. The van der Waals surface area contributed by atoms with Gasteiger partial charge in [-0.15, -0.1) is 0 Å². The largest absolute Gasteiger partial charge is 0.445 e. The number of nitrogens with two attached hydrogens (primary N) is 2. The second-order valence-corrected chi connectivity index (χ2v) is 29.3. The molecular formula is C86H120N8O7. The maximum absolute atomic E-state index is 12.8. The Morgan fingerprint density at radius 3 is 1.16 bits per heavy atom. The minimum atomic E-state index is -0.400. The van der Waals surface area contributed by atoms with Crippen LogP contribution in [0.25, 0.3) is 0 Å². The number of Topliss-reactive ketones (excluding diaryl/α,β-unsaturated/α-hetero) is 5. The van der Waals surface area contributed by atoms with Crippen LogP contribution in [0, 0.1) is 23.7 Å². The Hall–Kier alpha value is -8.27. The molecule has 6 heterocycles. The number of aryl methyl sites for hydroxylation is 5. The molecule has 0 aliphatic carbocycles. The minimum Gasteiger partial charge on any atom is -0.445 e. The van der Waals surface area contributed by atoms with Crippen LogP contribution in [-0.4, -0.2) is 90.0 Å². The predicted octanol–water partition coefficient (Wildman–Crippen LogP) is 17.4. The Labute approximate surface area is 605 Å². The fourth-order valence-corrected chi connectivity index (χ4v) is 11.0. The van der Waals surface area contributed by atoms with Crippen molar-refractivity contribution in [1.82, 2.24) is 29.8 Å². The van der Waals surface area contributed by atoms with Crippen LogP contribution in [0.1, 0.15) is 252 Å². The molecule has 0 radical (unpaired) electrons. The van der Waals surface area contributed by atoms with Gasteiger partial charge in [-0.2, -0.15) is 0 Å². The number of ether oxygens (including phenoxy) is 1. The number of rotatable bonds is 31. The van der Waals surface area contributed by atoms with E-state index < -0.39 is 6.09 Å². The second-order valence-electron chi connectivity index (χ2n) is 29.3. The van der Waals surface area contributed by atoms with E-state index >= 15 is 0 Å². The Morgan fingerprint density at radius 1 is 0.436 bits per heavy atom. The number of hydrogen-bond acceptors (Lipinski definition) is 14. The summed E-state index contributed by atoms with van der Waals surface area (Å²) in [5, 5.41) is 0. The van der Waals surface area contributed by atoms with Crippen LogP contribution >= 0.6 is 0 Å². The molecule has 1 aliphatic heterocycles. The molecule has 15 nitrogen and oxygen atoms in total. The van der Waals surface area contributed by atoms with E-state index in [4.69, 9.17) is 16.2 Å². The molecule has 0 saturated carbocycles. The molecule has 546 valence electrons. The van der Waals surface area contributed by atoms with Crippen molar-refractivity contribution in [1.29, 1.82) is 0 Å². The molecule has 101 heavy (non-hydrogen) atoms. The minimum absolute atomic E-state index is 0.0728. The number of amides is 1. The lowest BCUT2D eigenvalue weighted by molar-refractivity contribution is -0.124. The van der Waals surface area contributed by atoms with E-state index in [0.29, 0.717) is 98.6 Å². The van der Waals surface area contributed by atoms with Crippen LogP contribution in [0.2, 0.25) is 0 Å². The molecule has 2 aromatic carbocycles. The van der Waals surface area contributed by atoms with Crippen LogP contribution in [0.4, 0.5) is 4.79 Å². The number of carbonyl (C=O) groups excluding carboxylic acids is 6. The van der Waals surface area contributed by atoms with Gasteiger partial charge in [0.25, 0.3) is 0 Å². The first-order chi connectivity index (χ1) is 48.1. The van der Waals surface area contributed by atoms with Crippen molar-refractivity contribution in [2.24, 2.45) is 35.1 Å². The molecule has 1 fully saturated rings. The summed E-state index contributed by atoms with van der Waals surface area (Å²) in [6.07, 6.45) is 27.0. The average molecular weight is 1380 g/mol. The van der Waals surface area contributed by atoms with E-state index in [1.54, 1.807) is 4.90 Å². The highest BCUT2D eigenvalue weighted by molar-refractivity contribution is 5.88. The molecule has 0 unspecified atom stereocenters. The lowest BCUT2D eigenvalue weighted by atomic mass is 9.90. The second kappa shape index (κ2) is 45.6. The van der Waals surface area contributed by atoms with Crippen molar-refractivity contribution in [2.75, 3.05) is 13.1 Å². The third-order valence-electron chi connectivity index (χ3n) is 18.6. The molecule has 0 bridgehead atoms. The Balaban J connectivity index is 0.000000273. The molecule has 4 atom stereocenters. The Morgan fingerprint density at radius 2 is 0.792 bits per heavy atom. The lowest BCUT2D eigenvalue weighted by Gasteiger charge is -2.23. The topological polar surface area (TPSA) is 231 Å². The highest BCUT2D eigenvalue weighted by Gasteiger charge is 2.35. The fourth-order valence-electron chi connectivity index (χ4n) is 11.0. The number of pyridine rings is 5. The average Bonchev–Trinajstić information content (AvgIpc) is 1.75. The molecule has 1 aliphatic rings. The van der Waals surface area contributed by atoms with E-state index in [1.807, 2.05) is 138 Å². The molecule has 4 N–H and O–H groups in total. The van der Waals surface area contributed by atoms with E-state index in [0.717, 1.165) is 66.3 Å². The van der Waals surface area contributed by atoms with Gasteiger partial charge in [0, 0.05) is 112 Å². The molecular weight excluding hydrogens is 1260 g/mol. The summed E-state index contributed by atoms with van der Waals surface area (Å²) in [4.78, 5) is 95.2. The quantitative estimate of drug-likeness (QED) is 0.0412. The van der Waals surface area contributed by atoms with Gasteiger partial charge in [-0.3, -0.25) is 53.8 Å². The fraction of sp³-hybridized carbons (Fsp3) is 0.500. The smallest absolute Gasteiger partial charge is 0.410 e. The first kappa shape index (κ1) is 85.1. The zero-order chi connectivity index (χ0) is 74.6. The van der Waals surface area contributed by atoms with Gasteiger partial charge in [-0.1, -0.05) is 202 Å². The number of hydrogen-bond donors (Lipinski definition) is 2. The Kier molecular flexibility index (Phi) is 38.4. The molecule has 8 rings (SSSR count). The molecule has 15 heteroatoms. The molecule has 0 spiro atoms. The highest BCUT2D eigenvalue weighted by Crippen LogP contribution is 2.25. The zero-order valence-corrected chi connectivity index (χ0v) is 63.8. The van der Waals surface area contributed by atoms with Gasteiger partial charge in [-0.25, -0.2) is 4.79 Å². The Bertz CT molecular complexity index is 3530. The van der Waals surface area contributed by atoms with Crippen LogP contribution in [0.5, 0.6) is 0 Å². The normalized spacial score (nSPS) is 13.5. The lowest BCUT2D eigenvalue weighted by Crippen LogP contribution is -2.40. The highest BCUT2D eigenvalue weighted by atomic mass is 16.6. The predicted molar refractivity (Wildman–Crippen MR) is 410 cm³/mol. The summed E-state index contributed by atoms with van der Waals surface area (Å²) in [6.45, 7) is 34.6. The van der Waals surface area contributed by atoms with Gasteiger partial charge in [-0.05, 0) is 160 Å². The van der Waals surface area contributed by atoms with Crippen molar-refractivity contribution in [2.45, 2.75) is 243 Å². The van der Waals surface area contributed by atoms with Gasteiger partial charge in [0.05, 0.1) is 18.6 Å². The van der Waals surface area contributed by atoms with Crippen LogP contribution in [0.15, 0.2) is 153 Å². The molecule has 7 aromatic rings. The summed E-state index contributed by atoms with van der Waals surface area (Å²) in [5.41, 5.74) is 25.0. The van der Waals surface area contributed by atoms with Gasteiger partial charge in [0.1, 0.15) is 29.7 Å². The summed E-state index contributed by atoms with van der Waals surface area (Å²) < 4.78 is 5.42. The van der Waals surface area contributed by atoms with Gasteiger partial charge >= 0.3 is 6.09 Å². The number of nitrogens with zero attached hydrogens (tertiary/aromatic N) is 6. The summed E-state index contributed by atoms with van der Waals surface area (Å²) in [6, 6.07) is 29.8. The third-order valence-corrected chi connectivity index (χ3v) is 18.6. The van der Waals surface area contributed by atoms with Crippen molar-refractivity contribution in [3.8, 4) is 0 Å². The maximum atomic E-state index is 12.8. The number of aromatic nitrogens is 5. The first-order valence-electron chi connectivity index (χ1n) is 36.8.